The van der Waals surface area contributed by atoms with Crippen molar-refractivity contribution >= 4 is 32.5 Å². The number of hydrogen-bond acceptors (Lipinski definition) is 2. The second-order valence-electron chi connectivity index (χ2n) is 1.72. The summed E-state index contributed by atoms with van der Waals surface area (Å²) in [5.41, 5.74) is 0.439. The zero-order valence-electron chi connectivity index (χ0n) is 5.04. The summed E-state index contributed by atoms with van der Waals surface area (Å²) < 4.78 is -0.141. The van der Waals surface area contributed by atoms with Crippen LogP contribution in [0.4, 0.5) is 0 Å². The first kappa shape index (κ1) is 7.75. The molecule has 48 valence electrons. The third kappa shape index (κ3) is 1.57. The molecule has 0 aliphatic carbocycles. The summed E-state index contributed by atoms with van der Waals surface area (Å²) in [4.78, 5) is 14.5. The van der Waals surface area contributed by atoms with Crippen molar-refractivity contribution in [3.8, 4) is 0 Å². The maximum Gasteiger partial charge on any atom is 0.250 e. The lowest BCUT2D eigenvalue weighted by atomic mass is 10.3. The van der Waals surface area contributed by atoms with E-state index < -0.39 is 0 Å². The normalized spacial score (nSPS) is 9.30. The van der Waals surface area contributed by atoms with Crippen LogP contribution in [0.3, 0.4) is 0 Å². The van der Waals surface area contributed by atoms with E-state index in [1.807, 2.05) is 16.3 Å². The lowest BCUT2D eigenvalue weighted by Crippen LogP contribution is -1.98. The third-order valence-corrected chi connectivity index (χ3v) is 1.67. The fraction of sp³-hybridized carbons (Fsp3) is 0. The van der Waals surface area contributed by atoms with E-state index >= 15 is 0 Å². The standard InChI is InChI=1S/C6H3ClNO.Al/c7-6-1-2-8-3-5(6)4-9;/h1-3H;. The molecule has 0 spiro atoms. The van der Waals surface area contributed by atoms with Crippen LogP contribution in [0.25, 0.3) is 0 Å². The molecule has 0 bridgehead atoms. The molecule has 2 radical (unpaired) electrons. The van der Waals surface area contributed by atoms with Crippen LogP contribution in [0.1, 0.15) is 10.4 Å². The summed E-state index contributed by atoms with van der Waals surface area (Å²) in [5.74, 6) is 0. The van der Waals surface area contributed by atoms with Crippen molar-refractivity contribution in [3.05, 3.63) is 29.0 Å². The summed E-state index contributed by atoms with van der Waals surface area (Å²) in [5, 5.41) is 0.440. The van der Waals surface area contributed by atoms with Crippen LogP contribution in [-0.4, -0.2) is 25.9 Å². The van der Waals surface area contributed by atoms with Gasteiger partial charge < -0.3 is 4.79 Å². The van der Waals surface area contributed by atoms with E-state index in [1.54, 1.807) is 12.3 Å². The molecule has 1 aromatic heterocycles. The first-order chi connectivity index (χ1) is 4.72. The molecule has 4 heteroatoms. The monoisotopic (exact) mass is 167 g/mol. The zero-order chi connectivity index (χ0) is 7.56. The summed E-state index contributed by atoms with van der Waals surface area (Å²) in [6, 6.07) is 1.58. The van der Waals surface area contributed by atoms with Gasteiger partial charge in [0.15, 0.2) is 0 Å². The Morgan fingerprint density at radius 2 is 2.40 bits per heavy atom. The van der Waals surface area contributed by atoms with Gasteiger partial charge in [-0.05, 0) is 6.07 Å². The second-order valence-corrected chi connectivity index (χ2v) is 2.65. The smallest absolute Gasteiger partial charge is 0.250 e. The summed E-state index contributed by atoms with van der Waals surface area (Å²) in [7, 11) is 0. The van der Waals surface area contributed by atoms with E-state index in [0.29, 0.717) is 10.6 Å². The van der Waals surface area contributed by atoms with Gasteiger partial charge in [0, 0.05) is 18.0 Å². The Hall–Kier alpha value is -0.358. The van der Waals surface area contributed by atoms with Crippen LogP contribution >= 0.6 is 11.6 Å². The predicted octanol–water partition coefficient (Wildman–Crippen LogP) is 1.04. The Bertz CT molecular complexity index is 264. The number of aromatic nitrogens is 1. The van der Waals surface area contributed by atoms with Crippen LogP contribution in [0.15, 0.2) is 18.5 Å². The molecular weight excluding hydrogens is 165 g/mol. The topological polar surface area (TPSA) is 30.0 Å². The quantitative estimate of drug-likeness (QED) is 0.585. The lowest BCUT2D eigenvalue weighted by Gasteiger charge is -1.96. The van der Waals surface area contributed by atoms with E-state index in [0.717, 1.165) is 0 Å². The molecule has 0 amide bonds. The number of carbonyl (C=O) groups is 1. The van der Waals surface area contributed by atoms with E-state index in [-0.39, 0.29) is 4.65 Å². The first-order valence-corrected chi connectivity index (χ1v) is 3.56. The van der Waals surface area contributed by atoms with Gasteiger partial charge in [-0.1, -0.05) is 11.6 Å². The van der Waals surface area contributed by atoms with Crippen molar-refractivity contribution in [1.29, 1.82) is 0 Å². The molecule has 0 aliphatic rings. The number of halogens is 1. The summed E-state index contributed by atoms with van der Waals surface area (Å²) in [6.45, 7) is 0. The average Bonchev–Trinajstić information content (AvgIpc) is 1.88. The molecule has 0 aliphatic heterocycles. The number of rotatable bonds is 1. The van der Waals surface area contributed by atoms with Gasteiger partial charge in [0.1, 0.15) is 0 Å². The number of nitrogens with zero attached hydrogens (tertiary/aromatic N) is 1. The molecule has 10 heavy (non-hydrogen) atoms. The Morgan fingerprint density at radius 3 is 2.80 bits per heavy atom. The molecule has 0 atom stereocenters. The molecule has 0 unspecified atom stereocenters. The molecule has 0 saturated heterocycles. The van der Waals surface area contributed by atoms with E-state index in [2.05, 4.69) is 4.98 Å². The highest BCUT2D eigenvalue weighted by Crippen LogP contribution is 2.12. The van der Waals surface area contributed by atoms with E-state index in [9.17, 15) is 4.79 Å². The first-order valence-electron chi connectivity index (χ1n) is 2.61. The predicted molar refractivity (Wildman–Crippen MR) is 39.3 cm³/mol. The van der Waals surface area contributed by atoms with E-state index in [4.69, 9.17) is 11.6 Å². The fourth-order valence-corrected chi connectivity index (χ4v) is 1.08. The molecular formula is C6H3AlClNO. The molecule has 0 saturated carbocycles. The van der Waals surface area contributed by atoms with E-state index in [1.165, 1.54) is 6.20 Å². The van der Waals surface area contributed by atoms with Crippen LogP contribution < -0.4 is 0 Å². The number of hydrogen-bond donors (Lipinski definition) is 0. The molecule has 0 fully saturated rings. The maximum atomic E-state index is 10.7. The molecule has 0 aromatic carbocycles. The van der Waals surface area contributed by atoms with Gasteiger partial charge in [-0.3, -0.25) is 4.98 Å². The SMILES string of the molecule is O=[C]([Al])c1cnccc1Cl. The van der Waals surface area contributed by atoms with Gasteiger partial charge in [0.2, 0.25) is 0 Å². The van der Waals surface area contributed by atoms with Crippen LogP contribution in [0, 0.1) is 0 Å². The minimum Gasteiger partial charge on any atom is -0.318 e. The second kappa shape index (κ2) is 3.16. The highest BCUT2D eigenvalue weighted by atomic mass is 35.5. The van der Waals surface area contributed by atoms with Crippen molar-refractivity contribution < 1.29 is 4.79 Å². The van der Waals surface area contributed by atoms with Gasteiger partial charge >= 0.3 is 0 Å². The Kier molecular flexibility index (Phi) is 2.45. The maximum absolute atomic E-state index is 10.7. The number of carbonyl (C=O) groups excluding carboxylic acids is 1. The van der Waals surface area contributed by atoms with Crippen molar-refractivity contribution in [3.63, 3.8) is 0 Å². The van der Waals surface area contributed by atoms with Crippen molar-refractivity contribution in [2.45, 2.75) is 0 Å². The van der Waals surface area contributed by atoms with Crippen LogP contribution in [-0.2, 0) is 0 Å². The fourth-order valence-electron chi connectivity index (χ4n) is 0.559. The average molecular weight is 168 g/mol. The van der Waals surface area contributed by atoms with Crippen LogP contribution in [0.2, 0.25) is 5.02 Å². The third-order valence-electron chi connectivity index (χ3n) is 1.03. The Balaban J connectivity index is 3.15. The van der Waals surface area contributed by atoms with Gasteiger partial charge in [0.25, 0.3) is 16.3 Å². The highest BCUT2D eigenvalue weighted by molar-refractivity contribution is 6.63. The minimum absolute atomic E-state index is 0.141. The molecule has 1 rings (SSSR count). The highest BCUT2D eigenvalue weighted by Gasteiger charge is 2.01. The lowest BCUT2D eigenvalue weighted by molar-refractivity contribution is 0.108. The molecule has 1 aromatic rings. The van der Waals surface area contributed by atoms with Gasteiger partial charge in [-0.25, -0.2) is 0 Å². The van der Waals surface area contributed by atoms with Gasteiger partial charge in [-0.15, -0.1) is 0 Å². The Labute approximate surface area is 71.6 Å². The van der Waals surface area contributed by atoms with Gasteiger partial charge in [0.05, 0.1) is 9.67 Å². The summed E-state index contributed by atoms with van der Waals surface area (Å²) in [6.07, 6.45) is 2.98. The zero-order valence-corrected chi connectivity index (χ0v) is 6.95. The number of pyridine rings is 1. The molecule has 2 nitrogen and oxygen atoms in total. The molecule has 0 N–H and O–H groups in total. The Morgan fingerprint density at radius 1 is 1.70 bits per heavy atom. The summed E-state index contributed by atoms with van der Waals surface area (Å²) >= 11 is 7.69. The largest absolute Gasteiger partial charge is 0.318 e. The molecule has 1 heterocycles. The minimum atomic E-state index is -0.141. The van der Waals surface area contributed by atoms with Crippen molar-refractivity contribution in [2.75, 3.05) is 0 Å². The van der Waals surface area contributed by atoms with Gasteiger partial charge in [-0.2, -0.15) is 0 Å². The van der Waals surface area contributed by atoms with Crippen molar-refractivity contribution in [1.82, 2.24) is 4.98 Å². The van der Waals surface area contributed by atoms with Crippen LogP contribution in [0.5, 0.6) is 0 Å². The van der Waals surface area contributed by atoms with Crippen molar-refractivity contribution in [2.24, 2.45) is 0 Å².